The summed E-state index contributed by atoms with van der Waals surface area (Å²) in [5.41, 5.74) is 0.514. The fourth-order valence-corrected chi connectivity index (χ4v) is 3.31. The first-order chi connectivity index (χ1) is 7.24. The molecule has 1 unspecified atom stereocenters. The molecule has 2 aliphatic rings. The van der Waals surface area contributed by atoms with Gasteiger partial charge < -0.3 is 10.2 Å². The number of piperidine rings is 1. The minimum absolute atomic E-state index is 0.514. The van der Waals surface area contributed by atoms with Crippen molar-refractivity contribution in [2.24, 2.45) is 5.92 Å². The second-order valence-electron chi connectivity index (χ2n) is 5.61. The van der Waals surface area contributed by atoms with E-state index in [1.807, 2.05) is 0 Å². The smallest absolute Gasteiger partial charge is 0.0182 e. The maximum Gasteiger partial charge on any atom is 0.0182 e. The summed E-state index contributed by atoms with van der Waals surface area (Å²) in [7, 11) is 2.25. The number of nitrogens with one attached hydrogen (secondary N) is 1. The first kappa shape index (κ1) is 11.4. The Kier molecular flexibility index (Phi) is 3.68. The van der Waals surface area contributed by atoms with Crippen LogP contribution in [0.1, 0.15) is 45.4 Å². The van der Waals surface area contributed by atoms with Gasteiger partial charge in [0.1, 0.15) is 0 Å². The summed E-state index contributed by atoms with van der Waals surface area (Å²) in [6.45, 7) is 6.22. The van der Waals surface area contributed by atoms with Gasteiger partial charge >= 0.3 is 0 Å². The lowest BCUT2D eigenvalue weighted by Gasteiger charge is -2.36. The molecule has 0 aliphatic carbocycles. The van der Waals surface area contributed by atoms with E-state index in [1.54, 1.807) is 0 Å². The van der Waals surface area contributed by atoms with Gasteiger partial charge in [0, 0.05) is 5.54 Å². The topological polar surface area (TPSA) is 15.3 Å². The average Bonchev–Trinajstić information content (AvgIpc) is 2.71. The van der Waals surface area contributed by atoms with Crippen LogP contribution in [-0.2, 0) is 0 Å². The van der Waals surface area contributed by atoms with Crippen molar-refractivity contribution in [2.75, 3.05) is 26.7 Å². The van der Waals surface area contributed by atoms with Gasteiger partial charge in [-0.3, -0.25) is 0 Å². The molecule has 2 rings (SSSR count). The van der Waals surface area contributed by atoms with Crippen LogP contribution in [0.4, 0.5) is 0 Å². The van der Waals surface area contributed by atoms with E-state index in [2.05, 4.69) is 24.2 Å². The highest BCUT2D eigenvalue weighted by Crippen LogP contribution is 2.33. The molecule has 1 N–H and O–H groups in total. The van der Waals surface area contributed by atoms with Crippen molar-refractivity contribution in [1.82, 2.24) is 10.2 Å². The van der Waals surface area contributed by atoms with Gasteiger partial charge in [0.05, 0.1) is 0 Å². The standard InChI is InChI=1S/C13H26N2/c1-3-13(7-4-8-14-13)11-12-5-9-15(2)10-6-12/h12,14H,3-11H2,1-2H3. The van der Waals surface area contributed by atoms with E-state index in [9.17, 15) is 0 Å². The minimum atomic E-state index is 0.514. The van der Waals surface area contributed by atoms with Crippen LogP contribution in [0.25, 0.3) is 0 Å². The van der Waals surface area contributed by atoms with Crippen molar-refractivity contribution in [2.45, 2.75) is 51.0 Å². The molecular formula is C13H26N2. The van der Waals surface area contributed by atoms with Crippen LogP contribution >= 0.6 is 0 Å². The zero-order valence-corrected chi connectivity index (χ0v) is 10.4. The zero-order chi connectivity index (χ0) is 10.7. The molecule has 2 nitrogen and oxygen atoms in total. The van der Waals surface area contributed by atoms with Crippen LogP contribution in [0.5, 0.6) is 0 Å². The second-order valence-corrected chi connectivity index (χ2v) is 5.61. The lowest BCUT2D eigenvalue weighted by Crippen LogP contribution is -2.43. The Morgan fingerprint density at radius 3 is 2.60 bits per heavy atom. The predicted octanol–water partition coefficient (Wildman–Crippen LogP) is 2.25. The number of rotatable bonds is 3. The molecule has 0 aromatic carbocycles. The molecule has 2 fully saturated rings. The second kappa shape index (κ2) is 4.84. The lowest BCUT2D eigenvalue weighted by atomic mass is 9.80. The fourth-order valence-electron chi connectivity index (χ4n) is 3.31. The van der Waals surface area contributed by atoms with Crippen molar-refractivity contribution in [1.29, 1.82) is 0 Å². The Hall–Kier alpha value is -0.0800. The van der Waals surface area contributed by atoms with Gasteiger partial charge in [0.2, 0.25) is 0 Å². The minimum Gasteiger partial charge on any atom is -0.311 e. The van der Waals surface area contributed by atoms with Crippen molar-refractivity contribution in [3.63, 3.8) is 0 Å². The van der Waals surface area contributed by atoms with Gasteiger partial charge in [0.25, 0.3) is 0 Å². The first-order valence-electron chi connectivity index (χ1n) is 6.68. The predicted molar refractivity (Wildman–Crippen MR) is 65.1 cm³/mol. The van der Waals surface area contributed by atoms with Crippen molar-refractivity contribution < 1.29 is 0 Å². The summed E-state index contributed by atoms with van der Waals surface area (Å²) in [6.07, 6.45) is 8.38. The molecule has 0 aromatic heterocycles. The van der Waals surface area contributed by atoms with Crippen molar-refractivity contribution in [3.05, 3.63) is 0 Å². The summed E-state index contributed by atoms with van der Waals surface area (Å²) in [4.78, 5) is 2.47. The van der Waals surface area contributed by atoms with E-state index in [-0.39, 0.29) is 0 Å². The van der Waals surface area contributed by atoms with Crippen LogP contribution in [0.15, 0.2) is 0 Å². The van der Waals surface area contributed by atoms with E-state index < -0.39 is 0 Å². The summed E-state index contributed by atoms with van der Waals surface area (Å²) in [5, 5.41) is 3.76. The maximum absolute atomic E-state index is 3.76. The molecule has 0 radical (unpaired) electrons. The van der Waals surface area contributed by atoms with Gasteiger partial charge in [-0.25, -0.2) is 0 Å². The maximum atomic E-state index is 3.76. The normalized spacial score (nSPS) is 34.8. The highest BCUT2D eigenvalue weighted by atomic mass is 15.1. The lowest BCUT2D eigenvalue weighted by molar-refractivity contribution is 0.174. The molecule has 0 bridgehead atoms. The summed E-state index contributed by atoms with van der Waals surface area (Å²) >= 11 is 0. The van der Waals surface area contributed by atoms with Crippen molar-refractivity contribution in [3.8, 4) is 0 Å². The number of likely N-dealkylation sites (tertiary alicyclic amines) is 1. The van der Waals surface area contributed by atoms with Gasteiger partial charge in [-0.05, 0) is 71.1 Å². The van der Waals surface area contributed by atoms with E-state index in [0.717, 1.165) is 5.92 Å². The number of hydrogen-bond donors (Lipinski definition) is 1. The molecule has 0 spiro atoms. The Morgan fingerprint density at radius 1 is 1.33 bits per heavy atom. The van der Waals surface area contributed by atoms with Crippen molar-refractivity contribution >= 4 is 0 Å². The third-order valence-corrected chi connectivity index (χ3v) is 4.53. The molecule has 2 heterocycles. The third kappa shape index (κ3) is 2.73. The highest BCUT2D eigenvalue weighted by Gasteiger charge is 2.34. The Balaban J connectivity index is 1.84. The van der Waals surface area contributed by atoms with Crippen LogP contribution in [0.3, 0.4) is 0 Å². The summed E-state index contributed by atoms with van der Waals surface area (Å²) in [5.74, 6) is 0.978. The van der Waals surface area contributed by atoms with Gasteiger partial charge in [-0.1, -0.05) is 6.92 Å². The summed E-state index contributed by atoms with van der Waals surface area (Å²) in [6, 6.07) is 0. The van der Waals surface area contributed by atoms with E-state index in [0.29, 0.717) is 5.54 Å². The van der Waals surface area contributed by atoms with Gasteiger partial charge in [-0.2, -0.15) is 0 Å². The monoisotopic (exact) mass is 210 g/mol. The Labute approximate surface area is 94.4 Å². The quantitative estimate of drug-likeness (QED) is 0.768. The van der Waals surface area contributed by atoms with E-state index >= 15 is 0 Å². The molecule has 1 atom stereocenters. The molecule has 2 aliphatic heterocycles. The van der Waals surface area contributed by atoms with Crippen LogP contribution in [0, 0.1) is 5.92 Å². The fraction of sp³-hybridized carbons (Fsp3) is 1.00. The SMILES string of the molecule is CCC1(CC2CCN(C)CC2)CCCN1. The molecule has 88 valence electrons. The third-order valence-electron chi connectivity index (χ3n) is 4.53. The summed E-state index contributed by atoms with van der Waals surface area (Å²) < 4.78 is 0. The van der Waals surface area contributed by atoms with E-state index in [4.69, 9.17) is 0 Å². The molecule has 2 saturated heterocycles. The highest BCUT2D eigenvalue weighted by molar-refractivity contribution is 4.94. The molecule has 2 heteroatoms. The zero-order valence-electron chi connectivity index (χ0n) is 10.4. The molecule has 0 amide bonds. The molecular weight excluding hydrogens is 184 g/mol. The van der Waals surface area contributed by atoms with Gasteiger partial charge in [-0.15, -0.1) is 0 Å². The van der Waals surface area contributed by atoms with Crippen LogP contribution < -0.4 is 5.32 Å². The molecule has 15 heavy (non-hydrogen) atoms. The van der Waals surface area contributed by atoms with Crippen LogP contribution in [-0.4, -0.2) is 37.1 Å². The number of hydrogen-bond acceptors (Lipinski definition) is 2. The average molecular weight is 210 g/mol. The molecule has 0 aromatic rings. The molecule has 0 saturated carbocycles. The largest absolute Gasteiger partial charge is 0.311 e. The first-order valence-corrected chi connectivity index (χ1v) is 6.68. The Morgan fingerprint density at radius 2 is 2.07 bits per heavy atom. The van der Waals surface area contributed by atoms with Gasteiger partial charge in [0.15, 0.2) is 0 Å². The Bertz CT molecular complexity index is 189. The van der Waals surface area contributed by atoms with Crippen LogP contribution in [0.2, 0.25) is 0 Å². The number of nitrogens with zero attached hydrogens (tertiary/aromatic N) is 1. The van der Waals surface area contributed by atoms with E-state index in [1.165, 1.54) is 58.2 Å².